The Bertz CT molecular complexity index is 1050. The average molecular weight is 445 g/mol. The first kappa shape index (κ1) is 21.6. The van der Waals surface area contributed by atoms with E-state index in [4.69, 9.17) is 21.1 Å². The molecule has 3 rings (SSSR count). The molecule has 0 fully saturated rings. The van der Waals surface area contributed by atoms with Crippen molar-refractivity contribution < 1.29 is 14.3 Å². The number of hydrogen-bond donors (Lipinski definition) is 2. The minimum absolute atomic E-state index is 0.104. The van der Waals surface area contributed by atoms with Crippen molar-refractivity contribution in [3.63, 3.8) is 0 Å². The number of benzene rings is 2. The number of amides is 1. The van der Waals surface area contributed by atoms with Gasteiger partial charge < -0.3 is 14.8 Å². The molecule has 1 amide bonds. The molecule has 9 heteroatoms. The first-order valence-corrected chi connectivity index (χ1v) is 10.4. The molecule has 0 saturated carbocycles. The Morgan fingerprint density at radius 2 is 2.07 bits per heavy atom. The lowest BCUT2D eigenvalue weighted by Gasteiger charge is -2.11. The lowest BCUT2D eigenvalue weighted by Crippen LogP contribution is -2.05. The number of hydrazone groups is 1. The van der Waals surface area contributed by atoms with Crippen molar-refractivity contribution in [2.45, 2.75) is 13.8 Å². The molecule has 3 aromatic rings. The van der Waals surface area contributed by atoms with Gasteiger partial charge in [-0.3, -0.25) is 10.2 Å². The minimum atomic E-state index is -0.104. The van der Waals surface area contributed by atoms with Crippen LogP contribution in [0.1, 0.15) is 19.4 Å². The molecule has 30 heavy (non-hydrogen) atoms. The second-order valence-corrected chi connectivity index (χ2v) is 7.40. The van der Waals surface area contributed by atoms with Gasteiger partial charge in [0.05, 0.1) is 30.6 Å². The predicted octanol–water partition coefficient (Wildman–Crippen LogP) is 5.28. The molecule has 0 aliphatic rings. The zero-order valence-corrected chi connectivity index (χ0v) is 18.3. The van der Waals surface area contributed by atoms with Crippen LogP contribution in [0.15, 0.2) is 46.9 Å². The molecule has 0 spiro atoms. The second kappa shape index (κ2) is 10.1. The van der Waals surface area contributed by atoms with Gasteiger partial charge in [-0.2, -0.15) is 5.10 Å². The number of nitrogens with one attached hydrogen (secondary N) is 2. The molecule has 2 aromatic carbocycles. The fourth-order valence-electron chi connectivity index (χ4n) is 2.67. The first-order chi connectivity index (χ1) is 14.5. The van der Waals surface area contributed by atoms with Gasteiger partial charge in [0, 0.05) is 23.6 Å². The molecule has 7 nitrogen and oxygen atoms in total. The van der Waals surface area contributed by atoms with E-state index in [9.17, 15) is 4.79 Å². The molecule has 156 valence electrons. The third-order valence-corrected chi connectivity index (χ3v) is 4.94. The summed E-state index contributed by atoms with van der Waals surface area (Å²) in [4.78, 5) is 15.6. The molecular formula is C21H21ClN4O3S. The molecule has 1 heterocycles. The van der Waals surface area contributed by atoms with E-state index in [0.717, 1.165) is 22.5 Å². The lowest BCUT2D eigenvalue weighted by atomic mass is 10.1. The topological polar surface area (TPSA) is 84.8 Å². The summed E-state index contributed by atoms with van der Waals surface area (Å²) in [6, 6.07) is 11.0. The quantitative estimate of drug-likeness (QED) is 0.365. The van der Waals surface area contributed by atoms with Crippen LogP contribution in [0, 0.1) is 0 Å². The zero-order valence-electron chi connectivity index (χ0n) is 16.7. The Morgan fingerprint density at radius 3 is 2.73 bits per heavy atom. The van der Waals surface area contributed by atoms with Crippen molar-refractivity contribution in [1.82, 2.24) is 4.98 Å². The van der Waals surface area contributed by atoms with Crippen LogP contribution in [-0.4, -0.2) is 30.8 Å². The van der Waals surface area contributed by atoms with Crippen molar-refractivity contribution in [2.75, 3.05) is 24.5 Å². The Labute approximate surface area is 183 Å². The number of rotatable bonds is 8. The van der Waals surface area contributed by atoms with Crippen LogP contribution < -0.4 is 20.2 Å². The molecule has 0 atom stereocenters. The highest BCUT2D eigenvalue weighted by Gasteiger charge is 2.11. The van der Waals surface area contributed by atoms with Gasteiger partial charge in [0.1, 0.15) is 0 Å². The van der Waals surface area contributed by atoms with Gasteiger partial charge in [-0.15, -0.1) is 11.3 Å². The highest BCUT2D eigenvalue weighted by molar-refractivity contribution is 7.14. The van der Waals surface area contributed by atoms with Crippen LogP contribution in [-0.2, 0) is 4.79 Å². The molecule has 0 aliphatic heterocycles. The molecule has 2 N–H and O–H groups in total. The summed E-state index contributed by atoms with van der Waals surface area (Å²) in [5.74, 6) is 0.957. The van der Waals surface area contributed by atoms with Gasteiger partial charge in [0.25, 0.3) is 0 Å². The van der Waals surface area contributed by atoms with E-state index < -0.39 is 0 Å². The third-order valence-electron chi connectivity index (χ3n) is 3.91. The van der Waals surface area contributed by atoms with Crippen molar-refractivity contribution >= 4 is 45.9 Å². The molecular weight excluding hydrogens is 424 g/mol. The minimum Gasteiger partial charge on any atom is -0.491 e. The summed E-state index contributed by atoms with van der Waals surface area (Å²) in [5, 5.41) is 10.0. The summed E-state index contributed by atoms with van der Waals surface area (Å²) in [7, 11) is 1.55. The predicted molar refractivity (Wildman–Crippen MR) is 122 cm³/mol. The van der Waals surface area contributed by atoms with Crippen LogP contribution in [0.3, 0.4) is 0 Å². The Balaban J connectivity index is 1.68. The fourth-order valence-corrected chi connectivity index (χ4v) is 3.64. The Kier molecular flexibility index (Phi) is 7.26. The number of carbonyl (C=O) groups excluding carboxylic acids is 1. The van der Waals surface area contributed by atoms with Gasteiger partial charge in [-0.25, -0.2) is 4.98 Å². The number of ether oxygens (including phenoxy) is 2. The van der Waals surface area contributed by atoms with E-state index in [-0.39, 0.29) is 5.91 Å². The fraction of sp³-hybridized carbons (Fsp3) is 0.190. The number of methoxy groups -OCH3 is 1. The van der Waals surface area contributed by atoms with E-state index in [2.05, 4.69) is 20.8 Å². The number of hydrogen-bond acceptors (Lipinski definition) is 7. The number of nitrogens with zero attached hydrogens (tertiary/aromatic N) is 2. The molecule has 0 bridgehead atoms. The zero-order chi connectivity index (χ0) is 21.5. The van der Waals surface area contributed by atoms with Crippen molar-refractivity contribution in [2.24, 2.45) is 5.10 Å². The Morgan fingerprint density at radius 1 is 1.30 bits per heavy atom. The van der Waals surface area contributed by atoms with Crippen LogP contribution in [0.4, 0.5) is 10.8 Å². The first-order valence-electron chi connectivity index (χ1n) is 9.13. The van der Waals surface area contributed by atoms with Gasteiger partial charge in [0.15, 0.2) is 11.5 Å². The Hall–Kier alpha value is -3.10. The molecule has 0 radical (unpaired) electrons. The number of thiazole rings is 1. The maximum atomic E-state index is 11.1. The third kappa shape index (κ3) is 5.49. The summed E-state index contributed by atoms with van der Waals surface area (Å²) in [6.45, 7) is 3.87. The van der Waals surface area contributed by atoms with Crippen LogP contribution in [0.25, 0.3) is 11.3 Å². The highest BCUT2D eigenvalue weighted by atomic mass is 35.5. The van der Waals surface area contributed by atoms with E-state index in [1.165, 1.54) is 18.3 Å². The maximum absolute atomic E-state index is 11.1. The van der Waals surface area contributed by atoms with Crippen molar-refractivity contribution in [1.29, 1.82) is 0 Å². The highest BCUT2D eigenvalue weighted by Crippen LogP contribution is 2.36. The maximum Gasteiger partial charge on any atom is 0.221 e. The van der Waals surface area contributed by atoms with Crippen molar-refractivity contribution in [3.8, 4) is 22.8 Å². The molecule has 0 saturated heterocycles. The standard InChI is InChI=1S/C21H21ClN4O3S/c1-4-29-19-10-14(9-17(22)20(19)28-3)11-23-26-21-25-18(12-30-21)15-5-7-16(8-6-15)24-13(2)27/h5-12H,4H2,1-3H3,(H,24,27)(H,25,26)/b23-11-. The number of anilines is 2. The normalized spacial score (nSPS) is 10.8. The van der Waals surface area contributed by atoms with Crippen LogP contribution in [0.2, 0.25) is 5.02 Å². The van der Waals surface area contributed by atoms with Crippen LogP contribution in [0.5, 0.6) is 11.5 Å². The van der Waals surface area contributed by atoms with E-state index in [1.807, 2.05) is 42.6 Å². The summed E-state index contributed by atoms with van der Waals surface area (Å²) < 4.78 is 10.9. The molecule has 0 aliphatic carbocycles. The average Bonchev–Trinajstić information content (AvgIpc) is 3.17. The molecule has 0 unspecified atom stereocenters. The second-order valence-electron chi connectivity index (χ2n) is 6.13. The number of aromatic nitrogens is 1. The lowest BCUT2D eigenvalue weighted by molar-refractivity contribution is -0.114. The largest absolute Gasteiger partial charge is 0.491 e. The molecule has 1 aromatic heterocycles. The van der Waals surface area contributed by atoms with Crippen LogP contribution >= 0.6 is 22.9 Å². The monoisotopic (exact) mass is 444 g/mol. The summed E-state index contributed by atoms with van der Waals surface area (Å²) in [6.07, 6.45) is 1.64. The van der Waals surface area contributed by atoms with Gasteiger partial charge in [-0.05, 0) is 36.8 Å². The number of carbonyl (C=O) groups is 1. The summed E-state index contributed by atoms with van der Waals surface area (Å²) in [5.41, 5.74) is 6.20. The van der Waals surface area contributed by atoms with Gasteiger partial charge in [0.2, 0.25) is 11.0 Å². The van der Waals surface area contributed by atoms with E-state index in [0.29, 0.717) is 28.3 Å². The number of halogens is 1. The van der Waals surface area contributed by atoms with E-state index >= 15 is 0 Å². The summed E-state index contributed by atoms with van der Waals surface area (Å²) >= 11 is 7.69. The van der Waals surface area contributed by atoms with Gasteiger partial charge >= 0.3 is 0 Å². The van der Waals surface area contributed by atoms with E-state index in [1.54, 1.807) is 19.4 Å². The van der Waals surface area contributed by atoms with Gasteiger partial charge in [-0.1, -0.05) is 23.7 Å². The SMILES string of the molecule is CCOc1cc(/C=N\Nc2nc(-c3ccc(NC(C)=O)cc3)cs2)cc(Cl)c1OC. The smallest absolute Gasteiger partial charge is 0.221 e. The van der Waals surface area contributed by atoms with Crippen molar-refractivity contribution in [3.05, 3.63) is 52.4 Å².